The number of carbonyl (C=O) groups excluding carboxylic acids is 1. The zero-order valence-electron chi connectivity index (χ0n) is 15.1. The van der Waals surface area contributed by atoms with Crippen LogP contribution >= 0.6 is 0 Å². The summed E-state index contributed by atoms with van der Waals surface area (Å²) in [6.07, 6.45) is 0.325. The van der Waals surface area contributed by atoms with Crippen LogP contribution in [0.5, 0.6) is 11.5 Å². The highest BCUT2D eigenvalue weighted by atomic mass is 16.5. The molecule has 0 saturated heterocycles. The molecule has 1 atom stereocenters. The Morgan fingerprint density at radius 2 is 1.85 bits per heavy atom. The summed E-state index contributed by atoms with van der Waals surface area (Å²) in [4.78, 5) is 12.2. The number of H-pyrrole nitrogens is 1. The number of aromatic amines is 1. The van der Waals surface area contributed by atoms with Gasteiger partial charge < -0.3 is 20.1 Å². The van der Waals surface area contributed by atoms with Crippen LogP contribution in [0.3, 0.4) is 0 Å². The van der Waals surface area contributed by atoms with Gasteiger partial charge in [-0.3, -0.25) is 9.89 Å². The highest BCUT2D eigenvalue weighted by Gasteiger charge is 2.32. The monoisotopic (exact) mass is 364 g/mol. The first-order chi connectivity index (χ1) is 13.2. The molecule has 0 radical (unpaired) electrons. The minimum atomic E-state index is -0.154. The lowest BCUT2D eigenvalue weighted by molar-refractivity contribution is -0.116. The summed E-state index contributed by atoms with van der Waals surface area (Å²) in [7, 11) is 3.20. The number of ether oxygens (including phenoxy) is 2. The number of para-hydroxylation sites is 1. The lowest BCUT2D eigenvalue weighted by Gasteiger charge is -2.24. The van der Waals surface area contributed by atoms with E-state index in [1.54, 1.807) is 14.2 Å². The standard InChI is InChI=1S/C20H20N4O3/c1-26-15-9-8-12(10-16(15)27-2)14-11-17(25)22-20-18(14)19(23-24-20)21-13-6-4-3-5-7-13/h3-10,14H,11H2,1-2H3,(H3,21,22,23,24,25)/t14-/m0/s1. The topological polar surface area (TPSA) is 88.3 Å². The molecule has 27 heavy (non-hydrogen) atoms. The molecule has 7 nitrogen and oxygen atoms in total. The van der Waals surface area contributed by atoms with Crippen LogP contribution in [0.15, 0.2) is 48.5 Å². The zero-order chi connectivity index (χ0) is 18.8. The van der Waals surface area contributed by atoms with Gasteiger partial charge >= 0.3 is 0 Å². The number of benzene rings is 2. The molecule has 0 spiro atoms. The van der Waals surface area contributed by atoms with E-state index < -0.39 is 0 Å². The van der Waals surface area contributed by atoms with Crippen LogP contribution in [0, 0.1) is 0 Å². The van der Waals surface area contributed by atoms with Crippen molar-refractivity contribution in [2.75, 3.05) is 24.9 Å². The molecule has 2 aromatic carbocycles. The fourth-order valence-corrected chi connectivity index (χ4v) is 3.37. The summed E-state index contributed by atoms with van der Waals surface area (Å²) < 4.78 is 10.7. The van der Waals surface area contributed by atoms with Gasteiger partial charge in [0.15, 0.2) is 17.3 Å². The van der Waals surface area contributed by atoms with Crippen LogP contribution in [0.25, 0.3) is 0 Å². The summed E-state index contributed by atoms with van der Waals surface area (Å²) in [5, 5.41) is 13.5. The van der Waals surface area contributed by atoms with E-state index in [1.807, 2.05) is 48.5 Å². The molecule has 1 aliphatic rings. The van der Waals surface area contributed by atoms with E-state index in [-0.39, 0.29) is 11.8 Å². The molecule has 0 aliphatic carbocycles. The number of hydrogen-bond acceptors (Lipinski definition) is 5. The van der Waals surface area contributed by atoms with Crippen LogP contribution in [0.1, 0.15) is 23.5 Å². The Morgan fingerprint density at radius 1 is 1.07 bits per heavy atom. The van der Waals surface area contributed by atoms with Crippen LogP contribution in [-0.2, 0) is 4.79 Å². The molecule has 0 saturated carbocycles. The van der Waals surface area contributed by atoms with E-state index in [0.29, 0.717) is 23.7 Å². The summed E-state index contributed by atoms with van der Waals surface area (Å²) in [5.74, 6) is 2.36. The lowest BCUT2D eigenvalue weighted by Crippen LogP contribution is -2.23. The molecule has 138 valence electrons. The van der Waals surface area contributed by atoms with Crippen LogP contribution < -0.4 is 20.1 Å². The van der Waals surface area contributed by atoms with Gasteiger partial charge in [0.2, 0.25) is 5.91 Å². The van der Waals surface area contributed by atoms with Gasteiger partial charge in [0, 0.05) is 23.6 Å². The Hall–Kier alpha value is -3.48. The SMILES string of the molecule is COc1ccc([C@@H]2CC(=O)Nc3n[nH]c(Nc4ccccc4)c32)cc1OC. The minimum absolute atomic E-state index is 0.0694. The van der Waals surface area contributed by atoms with Gasteiger partial charge in [-0.15, -0.1) is 0 Å². The van der Waals surface area contributed by atoms with Crippen molar-refractivity contribution >= 4 is 23.2 Å². The van der Waals surface area contributed by atoms with Gasteiger partial charge in [0.05, 0.1) is 14.2 Å². The number of methoxy groups -OCH3 is 2. The fourth-order valence-electron chi connectivity index (χ4n) is 3.37. The second-order valence-corrected chi connectivity index (χ2v) is 6.27. The molecular weight excluding hydrogens is 344 g/mol. The number of nitrogens with one attached hydrogen (secondary N) is 3. The van der Waals surface area contributed by atoms with Crippen LogP contribution in [-0.4, -0.2) is 30.3 Å². The van der Waals surface area contributed by atoms with Crippen molar-refractivity contribution in [3.8, 4) is 11.5 Å². The average Bonchev–Trinajstić information content (AvgIpc) is 3.10. The Bertz CT molecular complexity index is 969. The predicted molar refractivity (Wildman–Crippen MR) is 103 cm³/mol. The summed E-state index contributed by atoms with van der Waals surface area (Å²) in [6.45, 7) is 0. The molecule has 2 heterocycles. The zero-order valence-corrected chi connectivity index (χ0v) is 15.1. The van der Waals surface area contributed by atoms with Crippen molar-refractivity contribution in [2.45, 2.75) is 12.3 Å². The molecule has 0 bridgehead atoms. The molecule has 3 N–H and O–H groups in total. The minimum Gasteiger partial charge on any atom is -0.493 e. The van der Waals surface area contributed by atoms with Crippen molar-refractivity contribution in [1.29, 1.82) is 0 Å². The van der Waals surface area contributed by atoms with Gasteiger partial charge in [0.25, 0.3) is 0 Å². The Kier molecular flexibility index (Phi) is 4.42. The molecule has 0 unspecified atom stereocenters. The third kappa shape index (κ3) is 3.19. The maximum Gasteiger partial charge on any atom is 0.226 e. The van der Waals surface area contributed by atoms with Gasteiger partial charge in [-0.1, -0.05) is 24.3 Å². The van der Waals surface area contributed by atoms with Crippen molar-refractivity contribution in [3.05, 3.63) is 59.7 Å². The number of carbonyl (C=O) groups is 1. The van der Waals surface area contributed by atoms with Crippen molar-refractivity contribution in [1.82, 2.24) is 10.2 Å². The van der Waals surface area contributed by atoms with Crippen LogP contribution in [0.2, 0.25) is 0 Å². The molecule has 0 fully saturated rings. The number of hydrogen-bond donors (Lipinski definition) is 3. The molecule has 1 aromatic heterocycles. The largest absolute Gasteiger partial charge is 0.493 e. The average molecular weight is 364 g/mol. The van der Waals surface area contributed by atoms with E-state index in [9.17, 15) is 4.79 Å². The number of amides is 1. The van der Waals surface area contributed by atoms with Gasteiger partial charge in [0.1, 0.15) is 5.82 Å². The number of rotatable bonds is 5. The van der Waals surface area contributed by atoms with Crippen molar-refractivity contribution in [3.63, 3.8) is 0 Å². The molecule has 1 aliphatic heterocycles. The Morgan fingerprint density at radius 3 is 2.59 bits per heavy atom. The Labute approximate surface area is 156 Å². The van der Waals surface area contributed by atoms with E-state index >= 15 is 0 Å². The van der Waals surface area contributed by atoms with Crippen molar-refractivity contribution < 1.29 is 14.3 Å². The van der Waals surface area contributed by atoms with E-state index in [2.05, 4.69) is 20.8 Å². The molecule has 7 heteroatoms. The number of nitrogens with zero attached hydrogens (tertiary/aromatic N) is 1. The smallest absolute Gasteiger partial charge is 0.226 e. The number of fused-ring (bicyclic) bond motifs is 1. The highest BCUT2D eigenvalue weighted by Crippen LogP contribution is 2.43. The molecule has 3 aromatic rings. The first kappa shape index (κ1) is 17.0. The Balaban J connectivity index is 1.76. The normalized spacial score (nSPS) is 15.6. The third-order valence-electron chi connectivity index (χ3n) is 4.65. The van der Waals surface area contributed by atoms with Crippen molar-refractivity contribution in [2.24, 2.45) is 0 Å². The molecule has 4 rings (SSSR count). The van der Waals surface area contributed by atoms with Crippen LogP contribution in [0.4, 0.5) is 17.3 Å². The van der Waals surface area contributed by atoms with E-state index in [1.165, 1.54) is 0 Å². The quantitative estimate of drug-likeness (QED) is 0.643. The fraction of sp³-hybridized carbons (Fsp3) is 0.200. The molecule has 1 amide bonds. The van der Waals surface area contributed by atoms with E-state index in [0.717, 1.165) is 22.6 Å². The maximum atomic E-state index is 12.2. The maximum absolute atomic E-state index is 12.2. The number of aromatic nitrogens is 2. The summed E-state index contributed by atoms with van der Waals surface area (Å²) >= 11 is 0. The second kappa shape index (κ2) is 7.03. The third-order valence-corrected chi connectivity index (χ3v) is 4.65. The highest BCUT2D eigenvalue weighted by molar-refractivity contribution is 5.95. The van der Waals surface area contributed by atoms with Gasteiger partial charge in [-0.05, 0) is 29.8 Å². The van der Waals surface area contributed by atoms with Gasteiger partial charge in [-0.2, -0.15) is 5.10 Å². The summed E-state index contributed by atoms with van der Waals surface area (Å²) in [5.41, 5.74) is 2.82. The lowest BCUT2D eigenvalue weighted by atomic mass is 9.86. The first-order valence-corrected chi connectivity index (χ1v) is 8.61. The van der Waals surface area contributed by atoms with E-state index in [4.69, 9.17) is 9.47 Å². The van der Waals surface area contributed by atoms with Gasteiger partial charge in [-0.25, -0.2) is 0 Å². The second-order valence-electron chi connectivity index (χ2n) is 6.27. The summed E-state index contributed by atoms with van der Waals surface area (Å²) in [6, 6.07) is 15.5. The predicted octanol–water partition coefficient (Wildman–Crippen LogP) is 3.64. The first-order valence-electron chi connectivity index (χ1n) is 8.61. The molecular formula is C20H20N4O3. The number of anilines is 3.